The highest BCUT2D eigenvalue weighted by Gasteiger charge is 2.46. The quantitative estimate of drug-likeness (QED) is 0.811. The first-order valence-electron chi connectivity index (χ1n) is 8.01. The lowest BCUT2D eigenvalue weighted by molar-refractivity contribution is -0.161. The average Bonchev–Trinajstić information content (AvgIpc) is 2.53. The van der Waals surface area contributed by atoms with Gasteiger partial charge < -0.3 is 19.5 Å². The van der Waals surface area contributed by atoms with Gasteiger partial charge in [0.2, 0.25) is 0 Å². The van der Waals surface area contributed by atoms with Crippen LogP contribution in [0.15, 0.2) is 24.3 Å². The van der Waals surface area contributed by atoms with Gasteiger partial charge in [0.25, 0.3) is 0 Å². The van der Waals surface area contributed by atoms with Crippen LogP contribution in [0.1, 0.15) is 18.1 Å². The molecule has 1 aromatic carbocycles. The molecule has 1 unspecified atom stereocenters. The first kappa shape index (κ1) is 16.0. The Bertz CT molecular complexity index is 607. The maximum Gasteiger partial charge on any atom is 0.318 e. The van der Waals surface area contributed by atoms with E-state index >= 15 is 0 Å². The molecule has 5 heteroatoms. The third-order valence-electron chi connectivity index (χ3n) is 4.48. The van der Waals surface area contributed by atoms with Crippen LogP contribution in [0, 0.1) is 5.41 Å². The fourth-order valence-electron chi connectivity index (χ4n) is 2.90. The molecule has 1 aromatic rings. The standard InChI is InChI=1S/C18H23NO4/c1-3-22-17(20)18(10-19-11-18)12-23-16-7-5-13-8-15(21-2)6-4-14(13)9-16/h4-7,9,15,19H,3,8,10-12H2,1-2H3. The van der Waals surface area contributed by atoms with Crippen molar-refractivity contribution in [3.8, 4) is 5.75 Å². The first-order valence-corrected chi connectivity index (χ1v) is 8.01. The fraction of sp³-hybridized carbons (Fsp3) is 0.500. The van der Waals surface area contributed by atoms with Crippen molar-refractivity contribution in [3.05, 3.63) is 35.4 Å². The molecule has 23 heavy (non-hydrogen) atoms. The van der Waals surface area contributed by atoms with Gasteiger partial charge in [0, 0.05) is 26.6 Å². The summed E-state index contributed by atoms with van der Waals surface area (Å²) >= 11 is 0. The maximum absolute atomic E-state index is 12.1. The minimum atomic E-state index is -0.553. The number of carbonyl (C=O) groups is 1. The van der Waals surface area contributed by atoms with Crippen molar-refractivity contribution >= 4 is 12.0 Å². The fourth-order valence-corrected chi connectivity index (χ4v) is 2.90. The van der Waals surface area contributed by atoms with Crippen LogP contribution in [0.25, 0.3) is 6.08 Å². The molecule has 0 spiro atoms. The molecular formula is C18H23NO4. The Labute approximate surface area is 136 Å². The summed E-state index contributed by atoms with van der Waals surface area (Å²) in [6.45, 7) is 3.76. The average molecular weight is 317 g/mol. The third kappa shape index (κ3) is 3.26. The van der Waals surface area contributed by atoms with Crippen molar-refractivity contribution in [1.29, 1.82) is 0 Å². The smallest absolute Gasteiger partial charge is 0.318 e. The zero-order chi connectivity index (χ0) is 16.3. The summed E-state index contributed by atoms with van der Waals surface area (Å²) in [5, 5.41) is 3.13. The van der Waals surface area contributed by atoms with E-state index in [0.29, 0.717) is 26.3 Å². The van der Waals surface area contributed by atoms with E-state index < -0.39 is 5.41 Å². The zero-order valence-corrected chi connectivity index (χ0v) is 13.6. The maximum atomic E-state index is 12.1. The Kier molecular flexibility index (Phi) is 4.68. The number of benzene rings is 1. The summed E-state index contributed by atoms with van der Waals surface area (Å²) in [6.07, 6.45) is 5.13. The van der Waals surface area contributed by atoms with E-state index in [4.69, 9.17) is 14.2 Å². The summed E-state index contributed by atoms with van der Waals surface area (Å²) in [5.74, 6) is 0.597. The van der Waals surface area contributed by atoms with Crippen molar-refractivity contribution in [1.82, 2.24) is 5.32 Å². The van der Waals surface area contributed by atoms with E-state index in [1.165, 1.54) is 5.56 Å². The molecular weight excluding hydrogens is 294 g/mol. The highest BCUT2D eigenvalue weighted by molar-refractivity contribution is 5.79. The Morgan fingerprint density at radius 1 is 1.39 bits per heavy atom. The molecule has 1 heterocycles. The number of fused-ring (bicyclic) bond motifs is 1. The predicted molar refractivity (Wildman–Crippen MR) is 87.4 cm³/mol. The van der Waals surface area contributed by atoms with Crippen LogP contribution < -0.4 is 10.1 Å². The minimum Gasteiger partial charge on any atom is -0.492 e. The van der Waals surface area contributed by atoms with E-state index in [9.17, 15) is 4.79 Å². The highest BCUT2D eigenvalue weighted by Crippen LogP contribution is 2.29. The summed E-state index contributed by atoms with van der Waals surface area (Å²) in [4.78, 5) is 12.1. The molecule has 0 saturated carbocycles. The van der Waals surface area contributed by atoms with E-state index in [2.05, 4.69) is 23.5 Å². The SMILES string of the molecule is CCOC(=O)C1(COc2ccc3c(c2)C=CC(OC)C3)CNC1. The van der Waals surface area contributed by atoms with Crippen LogP contribution >= 0.6 is 0 Å². The lowest BCUT2D eigenvalue weighted by atomic mass is 9.82. The molecule has 0 amide bonds. The van der Waals surface area contributed by atoms with Gasteiger partial charge in [0.15, 0.2) is 0 Å². The normalized spacial score (nSPS) is 21.2. The summed E-state index contributed by atoms with van der Waals surface area (Å²) in [6, 6.07) is 6.04. The molecule has 2 aliphatic rings. The molecule has 0 radical (unpaired) electrons. The number of hydrogen-bond donors (Lipinski definition) is 1. The number of methoxy groups -OCH3 is 1. The van der Waals surface area contributed by atoms with Gasteiger partial charge in [-0.1, -0.05) is 18.2 Å². The molecule has 124 valence electrons. The first-order chi connectivity index (χ1) is 11.2. The van der Waals surface area contributed by atoms with Gasteiger partial charge in [0.1, 0.15) is 17.8 Å². The van der Waals surface area contributed by atoms with E-state index in [-0.39, 0.29) is 12.1 Å². The summed E-state index contributed by atoms with van der Waals surface area (Å²) in [7, 11) is 1.72. The Balaban J connectivity index is 1.66. The molecule has 1 saturated heterocycles. The van der Waals surface area contributed by atoms with Crippen LogP contribution in [0.3, 0.4) is 0 Å². The van der Waals surface area contributed by atoms with E-state index in [0.717, 1.165) is 17.7 Å². The van der Waals surface area contributed by atoms with Crippen LogP contribution in [0.4, 0.5) is 0 Å². The lowest BCUT2D eigenvalue weighted by Gasteiger charge is -2.39. The Morgan fingerprint density at radius 2 is 2.22 bits per heavy atom. The summed E-state index contributed by atoms with van der Waals surface area (Å²) < 4.78 is 16.4. The molecule has 1 N–H and O–H groups in total. The van der Waals surface area contributed by atoms with Crippen molar-refractivity contribution in [3.63, 3.8) is 0 Å². The molecule has 0 bridgehead atoms. The number of rotatable bonds is 6. The zero-order valence-electron chi connectivity index (χ0n) is 13.6. The van der Waals surface area contributed by atoms with Gasteiger partial charge in [-0.15, -0.1) is 0 Å². The highest BCUT2D eigenvalue weighted by atomic mass is 16.5. The Morgan fingerprint density at radius 3 is 2.87 bits per heavy atom. The second-order valence-electron chi connectivity index (χ2n) is 6.09. The number of esters is 1. The molecule has 3 rings (SSSR count). The van der Waals surface area contributed by atoms with Gasteiger partial charge in [-0.3, -0.25) is 4.79 Å². The number of nitrogens with one attached hydrogen (secondary N) is 1. The Hall–Kier alpha value is -1.85. The van der Waals surface area contributed by atoms with Crippen molar-refractivity contribution in [2.75, 3.05) is 33.4 Å². The van der Waals surface area contributed by atoms with Crippen LogP contribution in [-0.2, 0) is 20.7 Å². The molecule has 0 aromatic heterocycles. The lowest BCUT2D eigenvalue weighted by Crippen LogP contribution is -2.61. The number of carbonyl (C=O) groups excluding carboxylic acids is 1. The predicted octanol–water partition coefficient (Wildman–Crippen LogP) is 1.80. The second-order valence-corrected chi connectivity index (χ2v) is 6.09. The molecule has 1 aliphatic carbocycles. The molecule has 5 nitrogen and oxygen atoms in total. The minimum absolute atomic E-state index is 0.141. The van der Waals surface area contributed by atoms with E-state index in [1.807, 2.05) is 19.1 Å². The van der Waals surface area contributed by atoms with Crippen molar-refractivity contribution < 1.29 is 19.0 Å². The van der Waals surface area contributed by atoms with Gasteiger partial charge in [-0.05, 0) is 30.2 Å². The van der Waals surface area contributed by atoms with Crippen molar-refractivity contribution in [2.45, 2.75) is 19.4 Å². The van der Waals surface area contributed by atoms with Crippen LogP contribution in [0.2, 0.25) is 0 Å². The van der Waals surface area contributed by atoms with Crippen LogP contribution in [0.5, 0.6) is 5.75 Å². The number of hydrogen-bond acceptors (Lipinski definition) is 5. The second kappa shape index (κ2) is 6.72. The van der Waals surface area contributed by atoms with Gasteiger partial charge in [0.05, 0.1) is 12.7 Å². The number of ether oxygens (including phenoxy) is 3. The molecule has 1 fully saturated rings. The largest absolute Gasteiger partial charge is 0.492 e. The van der Waals surface area contributed by atoms with Gasteiger partial charge >= 0.3 is 5.97 Å². The van der Waals surface area contributed by atoms with Crippen molar-refractivity contribution in [2.24, 2.45) is 5.41 Å². The topological polar surface area (TPSA) is 56.8 Å². The van der Waals surface area contributed by atoms with E-state index in [1.54, 1.807) is 7.11 Å². The third-order valence-corrected chi connectivity index (χ3v) is 4.48. The van der Waals surface area contributed by atoms with Gasteiger partial charge in [-0.25, -0.2) is 0 Å². The van der Waals surface area contributed by atoms with Gasteiger partial charge in [-0.2, -0.15) is 0 Å². The molecule has 1 aliphatic heterocycles. The summed E-state index contributed by atoms with van der Waals surface area (Å²) in [5.41, 5.74) is 1.84. The van der Waals surface area contributed by atoms with Crippen LogP contribution in [-0.4, -0.2) is 45.5 Å². The monoisotopic (exact) mass is 317 g/mol. The molecule has 1 atom stereocenters.